The van der Waals surface area contributed by atoms with E-state index in [9.17, 15) is 4.79 Å². The summed E-state index contributed by atoms with van der Waals surface area (Å²) in [5, 5.41) is 12.2. The van der Waals surface area contributed by atoms with Gasteiger partial charge in [0.25, 0.3) is 5.91 Å². The molecule has 3 aromatic rings. The average Bonchev–Trinajstić information content (AvgIpc) is 3.06. The molecule has 25 heavy (non-hydrogen) atoms. The summed E-state index contributed by atoms with van der Waals surface area (Å²) in [6.45, 7) is 0. The van der Waals surface area contributed by atoms with Crippen LogP contribution < -0.4 is 5.32 Å². The molecule has 1 aromatic carbocycles. The van der Waals surface area contributed by atoms with E-state index >= 15 is 0 Å². The fourth-order valence-corrected chi connectivity index (χ4v) is 3.59. The summed E-state index contributed by atoms with van der Waals surface area (Å²) in [5.74, 6) is 0.622. The zero-order valence-electron chi connectivity index (χ0n) is 13.8. The molecule has 2 heterocycles. The molecule has 2 aromatic heterocycles. The van der Waals surface area contributed by atoms with Crippen molar-refractivity contribution in [2.75, 3.05) is 0 Å². The van der Waals surface area contributed by atoms with Crippen molar-refractivity contribution >= 4 is 23.2 Å². The molecule has 4 rings (SSSR count). The molecule has 1 saturated carbocycles. The number of nitrogens with zero attached hydrogens (tertiary/aromatic N) is 3. The van der Waals surface area contributed by atoms with Gasteiger partial charge in [-0.15, -0.1) is 10.2 Å². The number of amides is 1. The third-order valence-corrected chi connectivity index (χ3v) is 5.06. The van der Waals surface area contributed by atoms with Gasteiger partial charge in [-0.3, -0.25) is 9.20 Å². The number of hydrogen-bond donors (Lipinski definition) is 1. The number of aromatic nitrogens is 3. The molecule has 6 heteroatoms. The van der Waals surface area contributed by atoms with Crippen LogP contribution in [0.4, 0.5) is 0 Å². The Balaban J connectivity index is 1.61. The van der Waals surface area contributed by atoms with Gasteiger partial charge in [-0.05, 0) is 37.1 Å². The molecule has 0 unspecified atom stereocenters. The first-order valence-corrected chi connectivity index (χ1v) is 9.01. The van der Waals surface area contributed by atoms with E-state index in [1.165, 1.54) is 19.3 Å². The van der Waals surface area contributed by atoms with Crippen LogP contribution in [-0.4, -0.2) is 26.5 Å². The van der Waals surface area contributed by atoms with E-state index in [-0.39, 0.29) is 11.9 Å². The molecule has 1 aliphatic rings. The molecule has 0 saturated heterocycles. The van der Waals surface area contributed by atoms with Gasteiger partial charge in [0.05, 0.1) is 5.02 Å². The van der Waals surface area contributed by atoms with E-state index in [0.29, 0.717) is 22.1 Å². The predicted octanol–water partition coefficient (Wildman–Crippen LogP) is 4.11. The van der Waals surface area contributed by atoms with Crippen molar-refractivity contribution in [3.63, 3.8) is 0 Å². The number of benzene rings is 1. The van der Waals surface area contributed by atoms with Crippen molar-refractivity contribution in [1.82, 2.24) is 19.9 Å². The van der Waals surface area contributed by atoms with Gasteiger partial charge in [0.2, 0.25) is 0 Å². The van der Waals surface area contributed by atoms with E-state index in [1.54, 1.807) is 12.1 Å². The summed E-state index contributed by atoms with van der Waals surface area (Å²) >= 11 is 6.26. The monoisotopic (exact) mass is 354 g/mol. The number of nitrogens with one attached hydrogen (secondary N) is 1. The highest BCUT2D eigenvalue weighted by Gasteiger charge is 2.18. The molecule has 0 bridgehead atoms. The van der Waals surface area contributed by atoms with E-state index < -0.39 is 0 Å². The van der Waals surface area contributed by atoms with Gasteiger partial charge in [0, 0.05) is 23.4 Å². The van der Waals surface area contributed by atoms with Gasteiger partial charge >= 0.3 is 0 Å². The van der Waals surface area contributed by atoms with Gasteiger partial charge in [-0.2, -0.15) is 0 Å². The van der Waals surface area contributed by atoms with E-state index in [4.69, 9.17) is 11.6 Å². The van der Waals surface area contributed by atoms with E-state index in [0.717, 1.165) is 18.4 Å². The fourth-order valence-electron chi connectivity index (χ4n) is 3.37. The Morgan fingerprint density at radius 3 is 2.72 bits per heavy atom. The SMILES string of the molecule is O=C(NC1CCCCC1)c1ccn2c(-c3ccccc3Cl)nnc2c1. The Morgan fingerprint density at radius 2 is 1.92 bits per heavy atom. The number of pyridine rings is 1. The zero-order valence-corrected chi connectivity index (χ0v) is 14.5. The first-order chi connectivity index (χ1) is 12.2. The largest absolute Gasteiger partial charge is 0.349 e. The second-order valence-corrected chi connectivity index (χ2v) is 6.86. The van der Waals surface area contributed by atoms with Crippen LogP contribution in [0.15, 0.2) is 42.6 Å². The molecule has 0 radical (unpaired) electrons. The lowest BCUT2D eigenvalue weighted by Gasteiger charge is -2.22. The predicted molar refractivity (Wildman–Crippen MR) is 97.8 cm³/mol. The first kappa shape index (κ1) is 16.1. The highest BCUT2D eigenvalue weighted by molar-refractivity contribution is 6.33. The Hall–Kier alpha value is -2.40. The number of carbonyl (C=O) groups is 1. The summed E-state index contributed by atoms with van der Waals surface area (Å²) in [5.41, 5.74) is 2.05. The van der Waals surface area contributed by atoms with Crippen molar-refractivity contribution in [3.05, 3.63) is 53.2 Å². The lowest BCUT2D eigenvalue weighted by molar-refractivity contribution is 0.0927. The Labute approximate surface area is 151 Å². The highest BCUT2D eigenvalue weighted by atomic mass is 35.5. The van der Waals surface area contributed by atoms with Crippen molar-refractivity contribution in [3.8, 4) is 11.4 Å². The van der Waals surface area contributed by atoms with Crippen LogP contribution in [0.5, 0.6) is 0 Å². The highest BCUT2D eigenvalue weighted by Crippen LogP contribution is 2.26. The van der Waals surface area contributed by atoms with Gasteiger partial charge in [-0.25, -0.2) is 0 Å². The summed E-state index contributed by atoms with van der Waals surface area (Å²) in [4.78, 5) is 12.5. The third kappa shape index (κ3) is 3.24. The molecule has 0 atom stereocenters. The van der Waals surface area contributed by atoms with Crippen LogP contribution in [0.1, 0.15) is 42.5 Å². The number of carbonyl (C=O) groups excluding carboxylic acids is 1. The van der Waals surface area contributed by atoms with Crippen molar-refractivity contribution in [1.29, 1.82) is 0 Å². The quantitative estimate of drug-likeness (QED) is 0.769. The smallest absolute Gasteiger partial charge is 0.251 e. The molecular weight excluding hydrogens is 336 g/mol. The van der Waals surface area contributed by atoms with Crippen LogP contribution in [0.25, 0.3) is 17.0 Å². The lowest BCUT2D eigenvalue weighted by atomic mass is 9.95. The first-order valence-electron chi connectivity index (χ1n) is 8.63. The van der Waals surface area contributed by atoms with E-state index in [1.807, 2.05) is 34.9 Å². The molecule has 5 nitrogen and oxygen atoms in total. The maximum atomic E-state index is 12.5. The Morgan fingerprint density at radius 1 is 1.12 bits per heavy atom. The summed E-state index contributed by atoms with van der Waals surface area (Å²) in [6, 6.07) is 11.4. The molecule has 128 valence electrons. The number of rotatable bonds is 3. The minimum atomic E-state index is -0.0447. The second kappa shape index (κ2) is 6.84. The molecule has 0 aliphatic heterocycles. The summed E-state index contributed by atoms with van der Waals surface area (Å²) in [6.07, 6.45) is 7.60. The average molecular weight is 355 g/mol. The zero-order chi connectivity index (χ0) is 17.2. The van der Waals surface area contributed by atoms with Crippen LogP contribution >= 0.6 is 11.6 Å². The van der Waals surface area contributed by atoms with Gasteiger partial charge < -0.3 is 5.32 Å². The van der Waals surface area contributed by atoms with Crippen LogP contribution in [0.2, 0.25) is 5.02 Å². The van der Waals surface area contributed by atoms with Gasteiger partial charge in [0.1, 0.15) is 0 Å². The standard InChI is InChI=1S/C19H19ClN4O/c20-16-9-5-4-8-15(16)18-23-22-17-12-13(10-11-24(17)18)19(25)21-14-6-2-1-3-7-14/h4-5,8-12,14H,1-3,6-7H2,(H,21,25). The topological polar surface area (TPSA) is 59.3 Å². The molecule has 0 spiro atoms. The van der Waals surface area contributed by atoms with Crippen LogP contribution in [-0.2, 0) is 0 Å². The number of hydrogen-bond acceptors (Lipinski definition) is 3. The van der Waals surface area contributed by atoms with Gasteiger partial charge in [0.15, 0.2) is 11.5 Å². The van der Waals surface area contributed by atoms with Crippen LogP contribution in [0.3, 0.4) is 0 Å². The molecule has 1 fully saturated rings. The summed E-state index contributed by atoms with van der Waals surface area (Å²) in [7, 11) is 0. The Bertz CT molecular complexity index is 915. The second-order valence-electron chi connectivity index (χ2n) is 6.46. The van der Waals surface area contributed by atoms with Crippen LogP contribution in [0, 0.1) is 0 Å². The maximum Gasteiger partial charge on any atom is 0.251 e. The molecular formula is C19H19ClN4O. The molecule has 1 N–H and O–H groups in total. The minimum absolute atomic E-state index is 0.0447. The lowest BCUT2D eigenvalue weighted by Crippen LogP contribution is -2.36. The minimum Gasteiger partial charge on any atom is -0.349 e. The third-order valence-electron chi connectivity index (χ3n) is 4.73. The number of halogens is 1. The van der Waals surface area contributed by atoms with E-state index in [2.05, 4.69) is 15.5 Å². The Kier molecular flexibility index (Phi) is 4.40. The number of fused-ring (bicyclic) bond motifs is 1. The molecule has 1 amide bonds. The van der Waals surface area contributed by atoms with Crippen molar-refractivity contribution in [2.45, 2.75) is 38.1 Å². The normalized spacial score (nSPS) is 15.4. The summed E-state index contributed by atoms with van der Waals surface area (Å²) < 4.78 is 1.85. The maximum absolute atomic E-state index is 12.5. The molecule has 1 aliphatic carbocycles. The van der Waals surface area contributed by atoms with Crippen molar-refractivity contribution < 1.29 is 4.79 Å². The van der Waals surface area contributed by atoms with Crippen molar-refractivity contribution in [2.24, 2.45) is 0 Å². The fraction of sp³-hybridized carbons (Fsp3) is 0.316. The van der Waals surface area contributed by atoms with Gasteiger partial charge in [-0.1, -0.05) is 43.0 Å².